The van der Waals surface area contributed by atoms with Gasteiger partial charge < -0.3 is 10.7 Å². The van der Waals surface area contributed by atoms with Gasteiger partial charge in [-0.3, -0.25) is 4.79 Å². The molecule has 0 bridgehead atoms. The molecule has 5 heteroatoms. The lowest BCUT2D eigenvalue weighted by molar-refractivity contribution is 0.102. The number of nitrogens with two attached hydrogens (primary N) is 1. The van der Waals surface area contributed by atoms with Gasteiger partial charge in [-0.25, -0.2) is 10.8 Å². The third-order valence-electron chi connectivity index (χ3n) is 2.98. The Morgan fingerprint density at radius 3 is 2.55 bits per heavy atom. The first kappa shape index (κ1) is 14.0. The fourth-order valence-corrected chi connectivity index (χ4v) is 1.90. The first-order valence-corrected chi connectivity index (χ1v) is 6.48. The molecule has 0 fully saturated rings. The van der Waals surface area contributed by atoms with Crippen molar-refractivity contribution >= 4 is 17.4 Å². The molecule has 0 unspecified atom stereocenters. The zero-order valence-electron chi connectivity index (χ0n) is 11.6. The topological polar surface area (TPSA) is 80.0 Å². The van der Waals surface area contributed by atoms with Crippen LogP contribution in [0.1, 0.15) is 28.5 Å². The Balaban J connectivity index is 2.16. The number of rotatable bonds is 4. The minimum Gasteiger partial charge on any atom is -0.322 e. The quantitative estimate of drug-likeness (QED) is 0.589. The molecule has 0 aliphatic carbocycles. The predicted molar refractivity (Wildman–Crippen MR) is 80.6 cm³/mol. The van der Waals surface area contributed by atoms with Crippen molar-refractivity contribution in [2.75, 3.05) is 10.7 Å². The maximum Gasteiger partial charge on any atom is 0.255 e. The van der Waals surface area contributed by atoms with Crippen LogP contribution in [-0.4, -0.2) is 10.9 Å². The van der Waals surface area contributed by atoms with Crippen molar-refractivity contribution in [2.24, 2.45) is 5.84 Å². The summed E-state index contributed by atoms with van der Waals surface area (Å²) in [4.78, 5) is 16.3. The summed E-state index contributed by atoms with van der Waals surface area (Å²) in [6, 6.07) is 11.1. The predicted octanol–water partition coefficient (Wildman–Crippen LogP) is 2.49. The first-order chi connectivity index (χ1) is 9.62. The molecule has 0 spiro atoms. The molecule has 0 aliphatic heterocycles. The van der Waals surface area contributed by atoms with Crippen LogP contribution in [-0.2, 0) is 6.42 Å². The summed E-state index contributed by atoms with van der Waals surface area (Å²) in [5.41, 5.74) is 5.70. The first-order valence-electron chi connectivity index (χ1n) is 6.48. The van der Waals surface area contributed by atoms with E-state index in [0.717, 1.165) is 17.8 Å². The van der Waals surface area contributed by atoms with E-state index in [-0.39, 0.29) is 5.91 Å². The maximum atomic E-state index is 12.2. The van der Waals surface area contributed by atoms with Crippen LogP contribution in [0.2, 0.25) is 0 Å². The summed E-state index contributed by atoms with van der Waals surface area (Å²) >= 11 is 0. The lowest BCUT2D eigenvalue weighted by Gasteiger charge is -2.08. The van der Waals surface area contributed by atoms with E-state index in [1.165, 1.54) is 5.56 Å². The van der Waals surface area contributed by atoms with Gasteiger partial charge in [0.25, 0.3) is 5.91 Å². The molecular weight excluding hydrogens is 252 g/mol. The van der Waals surface area contributed by atoms with E-state index in [2.05, 4.69) is 22.7 Å². The number of hydrazine groups is 1. The second kappa shape index (κ2) is 6.16. The number of pyridine rings is 1. The van der Waals surface area contributed by atoms with Crippen LogP contribution in [0.15, 0.2) is 36.4 Å². The number of nitrogens with one attached hydrogen (secondary N) is 2. The number of aryl methyl sites for hydroxylation is 2. The average molecular weight is 270 g/mol. The molecular formula is C15H18N4O. The van der Waals surface area contributed by atoms with Crippen LogP contribution in [0, 0.1) is 6.92 Å². The van der Waals surface area contributed by atoms with Crippen molar-refractivity contribution in [3.63, 3.8) is 0 Å². The summed E-state index contributed by atoms with van der Waals surface area (Å²) in [5, 5.41) is 2.85. The van der Waals surface area contributed by atoms with Gasteiger partial charge >= 0.3 is 0 Å². The van der Waals surface area contributed by atoms with E-state index in [1.54, 1.807) is 12.1 Å². The van der Waals surface area contributed by atoms with E-state index < -0.39 is 0 Å². The van der Waals surface area contributed by atoms with Gasteiger partial charge in [-0.2, -0.15) is 0 Å². The number of carbonyl (C=O) groups is 1. The van der Waals surface area contributed by atoms with E-state index in [9.17, 15) is 4.79 Å². The molecule has 0 radical (unpaired) electrons. The number of aromatic nitrogens is 1. The maximum absolute atomic E-state index is 12.2. The molecule has 4 N–H and O–H groups in total. The van der Waals surface area contributed by atoms with E-state index >= 15 is 0 Å². The number of amides is 1. The zero-order chi connectivity index (χ0) is 14.5. The molecule has 104 valence electrons. The number of nitrogen functional groups attached to an aromatic ring is 1. The second-order valence-electron chi connectivity index (χ2n) is 4.53. The second-order valence-corrected chi connectivity index (χ2v) is 4.53. The van der Waals surface area contributed by atoms with Gasteiger partial charge in [0.2, 0.25) is 0 Å². The number of anilines is 2. The molecule has 1 heterocycles. The molecule has 20 heavy (non-hydrogen) atoms. The minimum atomic E-state index is -0.184. The van der Waals surface area contributed by atoms with Crippen molar-refractivity contribution in [3.05, 3.63) is 53.2 Å². The van der Waals surface area contributed by atoms with E-state index in [4.69, 9.17) is 5.84 Å². The summed E-state index contributed by atoms with van der Waals surface area (Å²) < 4.78 is 0. The van der Waals surface area contributed by atoms with Crippen molar-refractivity contribution in [2.45, 2.75) is 20.3 Å². The third kappa shape index (κ3) is 3.33. The lowest BCUT2D eigenvalue weighted by atomic mass is 10.1. The average Bonchev–Trinajstić information content (AvgIpc) is 2.47. The summed E-state index contributed by atoms with van der Waals surface area (Å²) in [7, 11) is 0. The van der Waals surface area contributed by atoms with Gasteiger partial charge in [0.05, 0.1) is 0 Å². The Kier molecular flexibility index (Phi) is 4.32. The van der Waals surface area contributed by atoms with Gasteiger partial charge in [0.1, 0.15) is 5.82 Å². The monoisotopic (exact) mass is 270 g/mol. The Morgan fingerprint density at radius 2 is 1.95 bits per heavy atom. The Morgan fingerprint density at radius 1 is 1.25 bits per heavy atom. The highest BCUT2D eigenvalue weighted by molar-refractivity contribution is 6.04. The van der Waals surface area contributed by atoms with Crippen LogP contribution in [0.4, 0.5) is 11.5 Å². The van der Waals surface area contributed by atoms with Crippen molar-refractivity contribution < 1.29 is 4.79 Å². The standard InChI is InChI=1S/C15H18N4O/c1-3-11-4-6-13(7-5-11)18-15(20)12-8-10(2)17-14(9-12)19-16/h4-9H,3,16H2,1-2H3,(H,17,19)(H,18,20). The van der Waals surface area contributed by atoms with Crippen molar-refractivity contribution in [1.29, 1.82) is 0 Å². The number of benzene rings is 1. The zero-order valence-corrected chi connectivity index (χ0v) is 11.6. The fourth-order valence-electron chi connectivity index (χ4n) is 1.90. The van der Waals surface area contributed by atoms with E-state index in [0.29, 0.717) is 11.4 Å². The normalized spacial score (nSPS) is 10.2. The van der Waals surface area contributed by atoms with Gasteiger partial charge in [-0.15, -0.1) is 0 Å². The Bertz CT molecular complexity index is 608. The van der Waals surface area contributed by atoms with Crippen LogP contribution in [0.25, 0.3) is 0 Å². The van der Waals surface area contributed by atoms with Crippen molar-refractivity contribution in [3.8, 4) is 0 Å². The highest BCUT2D eigenvalue weighted by Gasteiger charge is 2.08. The minimum absolute atomic E-state index is 0.184. The highest BCUT2D eigenvalue weighted by atomic mass is 16.1. The molecule has 1 aromatic carbocycles. The van der Waals surface area contributed by atoms with Gasteiger partial charge in [-0.05, 0) is 43.2 Å². The molecule has 5 nitrogen and oxygen atoms in total. The third-order valence-corrected chi connectivity index (χ3v) is 2.98. The lowest BCUT2D eigenvalue weighted by Crippen LogP contribution is -2.15. The van der Waals surface area contributed by atoms with Gasteiger partial charge in [-0.1, -0.05) is 19.1 Å². The smallest absolute Gasteiger partial charge is 0.255 e. The number of hydrogen-bond acceptors (Lipinski definition) is 4. The molecule has 0 atom stereocenters. The molecule has 0 saturated heterocycles. The van der Waals surface area contributed by atoms with Crippen LogP contribution >= 0.6 is 0 Å². The molecule has 0 aliphatic rings. The van der Waals surface area contributed by atoms with Gasteiger partial charge in [0, 0.05) is 16.9 Å². The molecule has 0 saturated carbocycles. The fraction of sp³-hybridized carbons (Fsp3) is 0.200. The largest absolute Gasteiger partial charge is 0.322 e. The summed E-state index contributed by atoms with van der Waals surface area (Å²) in [5.74, 6) is 5.61. The molecule has 1 amide bonds. The van der Waals surface area contributed by atoms with Crippen LogP contribution in [0.3, 0.4) is 0 Å². The number of nitrogens with zero attached hydrogens (tertiary/aromatic N) is 1. The number of hydrogen-bond donors (Lipinski definition) is 3. The van der Waals surface area contributed by atoms with Gasteiger partial charge in [0.15, 0.2) is 0 Å². The Hall–Kier alpha value is -2.40. The SMILES string of the molecule is CCc1ccc(NC(=O)c2cc(C)nc(NN)c2)cc1. The van der Waals surface area contributed by atoms with E-state index in [1.807, 2.05) is 31.2 Å². The summed E-state index contributed by atoms with van der Waals surface area (Å²) in [6.07, 6.45) is 0.976. The molecule has 1 aromatic heterocycles. The van der Waals surface area contributed by atoms with Crippen LogP contribution < -0.4 is 16.6 Å². The van der Waals surface area contributed by atoms with Crippen LogP contribution in [0.5, 0.6) is 0 Å². The number of carbonyl (C=O) groups excluding carboxylic acids is 1. The summed E-state index contributed by atoms with van der Waals surface area (Å²) in [6.45, 7) is 3.91. The van der Waals surface area contributed by atoms with Crippen molar-refractivity contribution in [1.82, 2.24) is 4.98 Å². The molecule has 2 rings (SSSR count). The highest BCUT2D eigenvalue weighted by Crippen LogP contribution is 2.14. The Labute approximate surface area is 118 Å². The molecule has 2 aromatic rings.